The van der Waals surface area contributed by atoms with Crippen LogP contribution in [0, 0.1) is 20.8 Å². The van der Waals surface area contributed by atoms with Crippen molar-refractivity contribution in [3.05, 3.63) is 22.8 Å². The Labute approximate surface area is 127 Å². The van der Waals surface area contributed by atoms with Gasteiger partial charge in [0.05, 0.1) is 10.5 Å². The summed E-state index contributed by atoms with van der Waals surface area (Å²) in [5, 5.41) is 0. The number of benzene rings is 1. The van der Waals surface area contributed by atoms with Gasteiger partial charge in [0.25, 0.3) is 0 Å². The topological polar surface area (TPSA) is 81.4 Å². The van der Waals surface area contributed by atoms with Crippen molar-refractivity contribution in [2.45, 2.75) is 52.0 Å². The molecule has 0 amide bonds. The summed E-state index contributed by atoms with van der Waals surface area (Å²) in [7, 11) is -3.62. The fraction of sp³-hybridized carbons (Fsp3) is 0.600. The van der Waals surface area contributed by atoms with Gasteiger partial charge in [-0.1, -0.05) is 6.07 Å². The summed E-state index contributed by atoms with van der Waals surface area (Å²) in [6, 6.07) is 1.80. The van der Waals surface area contributed by atoms with Crippen molar-refractivity contribution in [1.29, 1.82) is 0 Å². The van der Waals surface area contributed by atoms with Crippen LogP contribution < -0.4 is 10.5 Å². The van der Waals surface area contributed by atoms with Gasteiger partial charge in [-0.05, 0) is 58.2 Å². The predicted molar refractivity (Wildman–Crippen MR) is 86.0 cm³/mol. The molecule has 1 rings (SSSR count). The first kappa shape index (κ1) is 17.9. The Morgan fingerprint density at radius 3 is 2.33 bits per heavy atom. The zero-order valence-electron chi connectivity index (χ0n) is 13.7. The Balaban J connectivity index is 3.13. The molecule has 0 heterocycles. The lowest BCUT2D eigenvalue weighted by Crippen LogP contribution is -2.40. The minimum atomic E-state index is -3.62. The van der Waals surface area contributed by atoms with Crippen LogP contribution in [0.3, 0.4) is 0 Å². The maximum atomic E-state index is 12.6. The number of nitrogen functional groups attached to an aromatic ring is 1. The standard InChI is InChI=1S/C15H26N2O3S/c1-7-20-15(5,6)9-17-21(18,19)14-11(3)8-10(2)13(16)12(14)4/h8,17H,7,9,16H2,1-6H3. The van der Waals surface area contributed by atoms with Crippen LogP contribution in [0.5, 0.6) is 0 Å². The van der Waals surface area contributed by atoms with Crippen LogP contribution in [0.1, 0.15) is 37.5 Å². The average Bonchev–Trinajstić information content (AvgIpc) is 2.34. The number of sulfonamides is 1. The summed E-state index contributed by atoms with van der Waals surface area (Å²) >= 11 is 0. The molecular weight excluding hydrogens is 288 g/mol. The number of hydrogen-bond acceptors (Lipinski definition) is 4. The Hall–Kier alpha value is -1.11. The lowest BCUT2D eigenvalue weighted by atomic mass is 10.1. The van der Waals surface area contributed by atoms with Gasteiger partial charge >= 0.3 is 0 Å². The van der Waals surface area contributed by atoms with Gasteiger partial charge in [0.1, 0.15) is 0 Å². The third kappa shape index (κ3) is 4.18. The van der Waals surface area contributed by atoms with Gasteiger partial charge in [0.15, 0.2) is 0 Å². The van der Waals surface area contributed by atoms with Crippen molar-refractivity contribution >= 4 is 15.7 Å². The van der Waals surface area contributed by atoms with Crippen molar-refractivity contribution in [3.63, 3.8) is 0 Å². The monoisotopic (exact) mass is 314 g/mol. The van der Waals surface area contributed by atoms with E-state index < -0.39 is 15.6 Å². The molecule has 5 nitrogen and oxygen atoms in total. The van der Waals surface area contributed by atoms with Crippen molar-refractivity contribution < 1.29 is 13.2 Å². The molecule has 0 aliphatic rings. The maximum absolute atomic E-state index is 12.6. The zero-order chi connectivity index (χ0) is 16.4. The fourth-order valence-corrected chi connectivity index (χ4v) is 4.06. The van der Waals surface area contributed by atoms with Crippen LogP contribution >= 0.6 is 0 Å². The molecule has 0 aliphatic carbocycles. The molecule has 0 radical (unpaired) electrons. The van der Waals surface area contributed by atoms with Gasteiger partial charge < -0.3 is 10.5 Å². The number of nitrogens with two attached hydrogens (primary N) is 1. The summed E-state index contributed by atoms with van der Waals surface area (Å²) in [6.07, 6.45) is 0. The molecule has 21 heavy (non-hydrogen) atoms. The molecule has 6 heteroatoms. The Bertz CT molecular complexity index is 622. The number of anilines is 1. The van der Waals surface area contributed by atoms with Crippen molar-refractivity contribution in [2.24, 2.45) is 0 Å². The van der Waals surface area contributed by atoms with E-state index in [-0.39, 0.29) is 11.4 Å². The summed E-state index contributed by atoms with van der Waals surface area (Å²) in [5.74, 6) is 0. The van der Waals surface area contributed by atoms with Gasteiger partial charge in [-0.2, -0.15) is 0 Å². The van der Waals surface area contributed by atoms with E-state index in [1.165, 1.54) is 0 Å². The molecule has 120 valence electrons. The molecule has 1 aromatic carbocycles. The second-order valence-electron chi connectivity index (χ2n) is 5.90. The largest absolute Gasteiger partial charge is 0.398 e. The summed E-state index contributed by atoms with van der Waals surface area (Å²) < 4.78 is 33.3. The van der Waals surface area contributed by atoms with Crippen LogP contribution in [-0.2, 0) is 14.8 Å². The zero-order valence-corrected chi connectivity index (χ0v) is 14.5. The molecule has 0 aromatic heterocycles. The third-order valence-corrected chi connectivity index (χ3v) is 5.14. The molecule has 0 aliphatic heterocycles. The smallest absolute Gasteiger partial charge is 0.241 e. The minimum Gasteiger partial charge on any atom is -0.398 e. The van der Waals surface area contributed by atoms with E-state index >= 15 is 0 Å². The maximum Gasteiger partial charge on any atom is 0.241 e. The van der Waals surface area contributed by atoms with E-state index in [4.69, 9.17) is 10.5 Å². The van der Waals surface area contributed by atoms with Gasteiger partial charge in [0, 0.05) is 18.8 Å². The summed E-state index contributed by atoms with van der Waals surface area (Å²) in [5.41, 5.74) is 8.10. The van der Waals surface area contributed by atoms with Crippen LogP contribution in [0.2, 0.25) is 0 Å². The third-order valence-electron chi connectivity index (χ3n) is 3.45. The van der Waals surface area contributed by atoms with E-state index in [1.54, 1.807) is 19.9 Å². The Kier molecular flexibility index (Phi) is 5.41. The van der Waals surface area contributed by atoms with Crippen molar-refractivity contribution in [1.82, 2.24) is 4.72 Å². The molecule has 3 N–H and O–H groups in total. The van der Waals surface area contributed by atoms with Gasteiger partial charge in [-0.25, -0.2) is 13.1 Å². The highest BCUT2D eigenvalue weighted by Gasteiger charge is 2.26. The number of rotatable bonds is 6. The number of ether oxygens (including phenoxy) is 1. The molecule has 0 spiro atoms. The first-order valence-corrected chi connectivity index (χ1v) is 8.50. The number of aryl methyl sites for hydroxylation is 2. The quantitative estimate of drug-likeness (QED) is 0.789. The Morgan fingerprint density at radius 1 is 1.24 bits per heavy atom. The van der Waals surface area contributed by atoms with E-state index in [2.05, 4.69) is 4.72 Å². The fourth-order valence-electron chi connectivity index (χ4n) is 2.38. The highest BCUT2D eigenvalue weighted by Crippen LogP contribution is 2.28. The van der Waals surface area contributed by atoms with Crippen LogP contribution in [0.15, 0.2) is 11.0 Å². The van der Waals surface area contributed by atoms with E-state index in [1.807, 2.05) is 27.7 Å². The SMILES string of the molecule is CCOC(C)(C)CNS(=O)(=O)c1c(C)cc(C)c(N)c1C. The highest BCUT2D eigenvalue weighted by atomic mass is 32.2. The molecule has 0 saturated heterocycles. The molecule has 0 fully saturated rings. The lowest BCUT2D eigenvalue weighted by Gasteiger charge is -2.25. The highest BCUT2D eigenvalue weighted by molar-refractivity contribution is 7.89. The van der Waals surface area contributed by atoms with Gasteiger partial charge in [0.2, 0.25) is 10.0 Å². The molecule has 0 bridgehead atoms. The molecular formula is C15H26N2O3S. The second kappa shape index (κ2) is 6.34. The van der Waals surface area contributed by atoms with Crippen LogP contribution in [-0.4, -0.2) is 27.2 Å². The normalized spacial score (nSPS) is 12.7. The second-order valence-corrected chi connectivity index (χ2v) is 7.60. The average molecular weight is 314 g/mol. The van der Waals surface area contributed by atoms with E-state index in [0.29, 0.717) is 23.4 Å². The lowest BCUT2D eigenvalue weighted by molar-refractivity contribution is -0.00515. The Morgan fingerprint density at radius 2 is 1.81 bits per heavy atom. The number of hydrogen-bond donors (Lipinski definition) is 2. The molecule has 0 saturated carbocycles. The number of nitrogens with one attached hydrogen (secondary N) is 1. The summed E-state index contributed by atoms with van der Waals surface area (Å²) in [4.78, 5) is 0.262. The molecule has 0 unspecified atom stereocenters. The predicted octanol–water partition coefficient (Wildman–Crippen LogP) is 2.29. The van der Waals surface area contributed by atoms with E-state index in [0.717, 1.165) is 5.56 Å². The van der Waals surface area contributed by atoms with E-state index in [9.17, 15) is 8.42 Å². The molecule has 1 aromatic rings. The first-order valence-electron chi connectivity index (χ1n) is 7.01. The molecule has 0 atom stereocenters. The minimum absolute atomic E-state index is 0.204. The van der Waals surface area contributed by atoms with Crippen LogP contribution in [0.4, 0.5) is 5.69 Å². The van der Waals surface area contributed by atoms with Gasteiger partial charge in [-0.15, -0.1) is 0 Å². The first-order chi connectivity index (χ1) is 9.52. The van der Waals surface area contributed by atoms with Crippen LogP contribution in [0.25, 0.3) is 0 Å². The van der Waals surface area contributed by atoms with Crippen molar-refractivity contribution in [2.75, 3.05) is 18.9 Å². The van der Waals surface area contributed by atoms with Crippen molar-refractivity contribution in [3.8, 4) is 0 Å². The van der Waals surface area contributed by atoms with Gasteiger partial charge in [-0.3, -0.25) is 0 Å². The summed E-state index contributed by atoms with van der Waals surface area (Å²) in [6.45, 7) is 11.7.